The Morgan fingerprint density at radius 3 is 2.03 bits per heavy atom. The molecule has 11 nitrogen and oxygen atoms in total. The third-order valence-electron chi connectivity index (χ3n) is 5.33. The number of phenols is 1. The van der Waals surface area contributed by atoms with E-state index >= 15 is 0 Å². The zero-order valence-electron chi connectivity index (χ0n) is 20.9. The Morgan fingerprint density at radius 2 is 1.53 bits per heavy atom. The van der Waals surface area contributed by atoms with Gasteiger partial charge in [0.1, 0.15) is 17.4 Å². The van der Waals surface area contributed by atoms with Crippen LogP contribution in [0.1, 0.15) is 38.1 Å². The molecule has 2 rings (SSSR count). The van der Waals surface area contributed by atoms with Gasteiger partial charge in [0.2, 0.25) is 5.91 Å². The average molecular weight is 475 g/mol. The molecule has 2 aromatic rings. The van der Waals surface area contributed by atoms with Crippen molar-refractivity contribution in [3.63, 3.8) is 0 Å². The standard InChI is InChI=1S/C23H34N6O5/c1-12(2)16(20(31)24-13(3)4)26-18-17(22(33)28(7)29(8)23(18)34)25-15-11-9-10-14(19(15)30)21(32)27(5)6/h9-13,16,25-26,30H,1-8H3,(H,24,31)/t16-/m1/s1. The number of para-hydroxylation sites is 1. The van der Waals surface area contributed by atoms with Gasteiger partial charge in [0.25, 0.3) is 17.0 Å². The molecular weight excluding hydrogens is 440 g/mol. The summed E-state index contributed by atoms with van der Waals surface area (Å²) < 4.78 is 2.24. The van der Waals surface area contributed by atoms with Crippen LogP contribution in [-0.2, 0) is 18.9 Å². The maximum Gasteiger partial charge on any atom is 0.290 e. The number of benzene rings is 1. The highest BCUT2D eigenvalue weighted by Crippen LogP contribution is 2.31. The van der Waals surface area contributed by atoms with Gasteiger partial charge in [0.15, 0.2) is 5.75 Å². The van der Waals surface area contributed by atoms with Crippen LogP contribution < -0.4 is 27.1 Å². The Bertz CT molecular complexity index is 1200. The molecule has 1 aromatic carbocycles. The normalized spacial score (nSPS) is 11.9. The highest BCUT2D eigenvalue weighted by atomic mass is 16.3. The number of nitrogens with one attached hydrogen (secondary N) is 3. The van der Waals surface area contributed by atoms with Gasteiger partial charge >= 0.3 is 0 Å². The van der Waals surface area contributed by atoms with Gasteiger partial charge in [-0.1, -0.05) is 19.9 Å². The first kappa shape index (κ1) is 26.5. The number of phenolic OH excluding ortho intramolecular Hbond substituents is 1. The molecule has 0 unspecified atom stereocenters. The number of hydrogen-bond acceptors (Lipinski definition) is 7. The molecule has 34 heavy (non-hydrogen) atoms. The Morgan fingerprint density at radius 1 is 0.971 bits per heavy atom. The first-order chi connectivity index (χ1) is 15.8. The number of aromatic nitrogens is 2. The van der Waals surface area contributed by atoms with Gasteiger partial charge in [0.05, 0.1) is 11.3 Å². The summed E-state index contributed by atoms with van der Waals surface area (Å²) in [5, 5.41) is 19.3. The number of carbonyl (C=O) groups excluding carboxylic acids is 2. The molecule has 4 N–H and O–H groups in total. The molecule has 1 atom stereocenters. The van der Waals surface area contributed by atoms with Crippen LogP contribution in [-0.4, -0.2) is 57.4 Å². The molecule has 0 saturated heterocycles. The highest BCUT2D eigenvalue weighted by Gasteiger charge is 2.27. The zero-order valence-corrected chi connectivity index (χ0v) is 20.9. The number of rotatable bonds is 8. The number of nitrogens with zero attached hydrogens (tertiary/aromatic N) is 3. The van der Waals surface area contributed by atoms with Crippen LogP contribution in [0.3, 0.4) is 0 Å². The Kier molecular flexibility index (Phi) is 8.14. The summed E-state index contributed by atoms with van der Waals surface area (Å²) in [5.41, 5.74) is -1.30. The molecule has 0 spiro atoms. The summed E-state index contributed by atoms with van der Waals surface area (Å²) >= 11 is 0. The summed E-state index contributed by atoms with van der Waals surface area (Å²) in [7, 11) is 5.96. The minimum absolute atomic E-state index is 0.0292. The van der Waals surface area contributed by atoms with Crippen LogP contribution in [0.2, 0.25) is 0 Å². The predicted molar refractivity (Wildman–Crippen MR) is 132 cm³/mol. The maximum atomic E-state index is 13.2. The second-order valence-electron chi connectivity index (χ2n) is 8.96. The molecule has 0 radical (unpaired) electrons. The fourth-order valence-corrected chi connectivity index (χ4v) is 3.32. The minimum Gasteiger partial charge on any atom is -0.505 e. The monoisotopic (exact) mass is 474 g/mol. The Balaban J connectivity index is 2.66. The number of hydrogen-bond donors (Lipinski definition) is 4. The zero-order chi connectivity index (χ0) is 25.9. The molecule has 0 bridgehead atoms. The molecule has 0 saturated carbocycles. The molecule has 0 aliphatic rings. The van der Waals surface area contributed by atoms with Crippen LogP contribution in [0.5, 0.6) is 5.75 Å². The Labute approximate surface area is 198 Å². The molecule has 2 amide bonds. The topological polar surface area (TPSA) is 138 Å². The van der Waals surface area contributed by atoms with Crippen LogP contribution in [0.4, 0.5) is 17.1 Å². The third-order valence-corrected chi connectivity index (χ3v) is 5.33. The fourth-order valence-electron chi connectivity index (χ4n) is 3.32. The van der Waals surface area contributed by atoms with Crippen LogP contribution >= 0.6 is 0 Å². The van der Waals surface area contributed by atoms with Crippen molar-refractivity contribution in [3.05, 3.63) is 44.5 Å². The molecule has 1 aromatic heterocycles. The van der Waals surface area contributed by atoms with Gasteiger partial charge in [-0.15, -0.1) is 0 Å². The fraction of sp³-hybridized carbons (Fsp3) is 0.478. The van der Waals surface area contributed by atoms with Gasteiger partial charge in [-0.25, -0.2) is 9.36 Å². The van der Waals surface area contributed by atoms with Crippen molar-refractivity contribution in [1.82, 2.24) is 19.6 Å². The van der Waals surface area contributed by atoms with E-state index in [1.54, 1.807) is 20.2 Å². The molecule has 1 heterocycles. The number of amides is 2. The second kappa shape index (κ2) is 10.4. The largest absolute Gasteiger partial charge is 0.505 e. The van der Waals surface area contributed by atoms with E-state index in [0.29, 0.717) is 0 Å². The second-order valence-corrected chi connectivity index (χ2v) is 8.96. The lowest BCUT2D eigenvalue weighted by atomic mass is 10.0. The van der Waals surface area contributed by atoms with E-state index in [-0.39, 0.29) is 46.2 Å². The van der Waals surface area contributed by atoms with E-state index < -0.39 is 23.1 Å². The molecule has 186 valence electrons. The number of aromatic hydroxyl groups is 1. The number of anilines is 3. The third kappa shape index (κ3) is 5.41. The van der Waals surface area contributed by atoms with Crippen molar-refractivity contribution >= 4 is 28.9 Å². The summed E-state index contributed by atoms with van der Waals surface area (Å²) in [4.78, 5) is 52.8. The predicted octanol–water partition coefficient (Wildman–Crippen LogP) is 1.20. The van der Waals surface area contributed by atoms with Gasteiger partial charge in [-0.2, -0.15) is 0 Å². The van der Waals surface area contributed by atoms with E-state index in [0.717, 1.165) is 9.36 Å². The van der Waals surface area contributed by atoms with E-state index in [1.165, 1.54) is 31.1 Å². The van der Waals surface area contributed by atoms with Crippen molar-refractivity contribution in [2.45, 2.75) is 39.8 Å². The quantitative estimate of drug-likeness (QED) is 0.422. The van der Waals surface area contributed by atoms with E-state index in [1.807, 2.05) is 27.7 Å². The molecule has 0 aliphatic carbocycles. The minimum atomic E-state index is -0.807. The number of carbonyl (C=O) groups is 2. The molecule has 11 heteroatoms. The van der Waals surface area contributed by atoms with Crippen molar-refractivity contribution in [1.29, 1.82) is 0 Å². The smallest absolute Gasteiger partial charge is 0.290 e. The first-order valence-electron chi connectivity index (χ1n) is 11.0. The van der Waals surface area contributed by atoms with E-state index in [2.05, 4.69) is 16.0 Å². The first-order valence-corrected chi connectivity index (χ1v) is 11.0. The average Bonchev–Trinajstić information content (AvgIpc) is 2.75. The van der Waals surface area contributed by atoms with Gasteiger partial charge < -0.3 is 26.0 Å². The molecule has 0 fully saturated rings. The van der Waals surface area contributed by atoms with E-state index in [4.69, 9.17) is 0 Å². The van der Waals surface area contributed by atoms with Crippen molar-refractivity contribution in [3.8, 4) is 5.75 Å². The maximum absolute atomic E-state index is 13.2. The van der Waals surface area contributed by atoms with Crippen LogP contribution in [0, 0.1) is 5.92 Å². The Hall–Kier alpha value is -3.76. The van der Waals surface area contributed by atoms with Crippen LogP contribution in [0.25, 0.3) is 0 Å². The lowest BCUT2D eigenvalue weighted by Crippen LogP contribution is -2.47. The summed E-state index contributed by atoms with van der Waals surface area (Å²) in [5.74, 6) is -1.33. The lowest BCUT2D eigenvalue weighted by molar-refractivity contribution is -0.123. The van der Waals surface area contributed by atoms with Crippen LogP contribution in [0.15, 0.2) is 27.8 Å². The van der Waals surface area contributed by atoms with E-state index in [9.17, 15) is 24.3 Å². The van der Waals surface area contributed by atoms with Gasteiger partial charge in [-0.3, -0.25) is 19.2 Å². The lowest BCUT2D eigenvalue weighted by Gasteiger charge is -2.25. The SMILES string of the molecule is CC(C)NC(=O)[C@H](Nc1c(Nc2cccc(C(=O)N(C)C)c2O)c(=O)n(C)n(C)c1=O)C(C)C. The van der Waals surface area contributed by atoms with Gasteiger partial charge in [0, 0.05) is 34.2 Å². The summed E-state index contributed by atoms with van der Waals surface area (Å²) in [6, 6.07) is 3.56. The van der Waals surface area contributed by atoms with Crippen molar-refractivity contribution in [2.75, 3.05) is 24.7 Å². The highest BCUT2D eigenvalue weighted by molar-refractivity contribution is 5.99. The molecular formula is C23H34N6O5. The summed E-state index contributed by atoms with van der Waals surface area (Å²) in [6.07, 6.45) is 0. The molecule has 0 aliphatic heterocycles. The summed E-state index contributed by atoms with van der Waals surface area (Å²) in [6.45, 7) is 7.28. The van der Waals surface area contributed by atoms with Crippen molar-refractivity contribution < 1.29 is 14.7 Å². The van der Waals surface area contributed by atoms with Gasteiger partial charge in [-0.05, 0) is 31.9 Å². The van der Waals surface area contributed by atoms with Crippen molar-refractivity contribution in [2.24, 2.45) is 20.0 Å².